The fourth-order valence-corrected chi connectivity index (χ4v) is 8.57. The van der Waals surface area contributed by atoms with Crippen molar-refractivity contribution in [3.05, 3.63) is 109 Å². The minimum Gasteiger partial charge on any atom is -0.462 e. The summed E-state index contributed by atoms with van der Waals surface area (Å²) in [6.45, 7) is 6.44. The summed E-state index contributed by atoms with van der Waals surface area (Å²) in [4.78, 5) is 37.9. The van der Waals surface area contributed by atoms with Crippen molar-refractivity contribution in [3.63, 3.8) is 0 Å². The van der Waals surface area contributed by atoms with Crippen molar-refractivity contribution in [1.29, 1.82) is 0 Å². The molecule has 0 heterocycles. The highest BCUT2D eigenvalue weighted by atomic mass is 16.6. The number of esters is 3. The molecule has 0 aliphatic carbocycles. The molecule has 1 unspecified atom stereocenters. The lowest BCUT2D eigenvalue weighted by Gasteiger charge is -2.18. The van der Waals surface area contributed by atoms with Gasteiger partial charge < -0.3 is 14.2 Å². The Hall–Kier alpha value is -3.93. The van der Waals surface area contributed by atoms with Crippen molar-refractivity contribution in [3.8, 4) is 0 Å². The molecular formula is C69H116O6. The van der Waals surface area contributed by atoms with E-state index in [4.69, 9.17) is 14.2 Å². The van der Waals surface area contributed by atoms with Gasteiger partial charge in [-0.25, -0.2) is 0 Å². The third-order valence-electron chi connectivity index (χ3n) is 13.3. The predicted molar refractivity (Wildman–Crippen MR) is 325 cm³/mol. The van der Waals surface area contributed by atoms with Gasteiger partial charge >= 0.3 is 17.9 Å². The summed E-state index contributed by atoms with van der Waals surface area (Å²) >= 11 is 0. The highest BCUT2D eigenvalue weighted by Gasteiger charge is 2.19. The second-order valence-electron chi connectivity index (χ2n) is 20.6. The van der Waals surface area contributed by atoms with Gasteiger partial charge in [-0.3, -0.25) is 14.4 Å². The van der Waals surface area contributed by atoms with Gasteiger partial charge in [-0.1, -0.05) is 271 Å². The van der Waals surface area contributed by atoms with E-state index in [9.17, 15) is 14.4 Å². The number of allylic oxidation sites excluding steroid dienone is 18. The van der Waals surface area contributed by atoms with Crippen LogP contribution in [0.4, 0.5) is 0 Å². The topological polar surface area (TPSA) is 78.9 Å². The summed E-state index contributed by atoms with van der Waals surface area (Å²) in [7, 11) is 0. The predicted octanol–water partition coefficient (Wildman–Crippen LogP) is 21.4. The molecule has 0 amide bonds. The Balaban J connectivity index is 4.08. The SMILES string of the molecule is CC/C=C\C/C=C\C/C=C\C/C=C\C/C=C\C/C=C\C/C=C\CCCCCCCCCCCC(=O)OCC(COC(=O)CCCCCCC)OC(=O)CCCCCCCCCCC/C=C\C/C=C\CCCCCCC. The zero-order valence-electron chi connectivity index (χ0n) is 49.0. The first-order chi connectivity index (χ1) is 37.0. The minimum absolute atomic E-state index is 0.0818. The molecule has 0 spiro atoms. The largest absolute Gasteiger partial charge is 0.462 e. The lowest BCUT2D eigenvalue weighted by molar-refractivity contribution is -0.167. The summed E-state index contributed by atoms with van der Waals surface area (Å²) in [5.74, 6) is -0.902. The molecule has 0 aromatic carbocycles. The normalized spacial score (nSPS) is 12.8. The first kappa shape index (κ1) is 71.1. The molecule has 0 aliphatic rings. The van der Waals surface area contributed by atoms with Gasteiger partial charge in [0.25, 0.3) is 0 Å². The Morgan fingerprint density at radius 3 is 0.813 bits per heavy atom. The molecule has 6 heteroatoms. The van der Waals surface area contributed by atoms with Crippen molar-refractivity contribution in [1.82, 2.24) is 0 Å². The number of carbonyl (C=O) groups is 3. The van der Waals surface area contributed by atoms with Crippen LogP contribution in [0.25, 0.3) is 0 Å². The van der Waals surface area contributed by atoms with Crippen LogP contribution in [0.5, 0.6) is 0 Å². The van der Waals surface area contributed by atoms with Gasteiger partial charge in [0.2, 0.25) is 0 Å². The van der Waals surface area contributed by atoms with Gasteiger partial charge in [0.1, 0.15) is 13.2 Å². The van der Waals surface area contributed by atoms with Crippen LogP contribution in [0.3, 0.4) is 0 Å². The molecule has 0 bridgehead atoms. The van der Waals surface area contributed by atoms with Crippen LogP contribution in [0, 0.1) is 0 Å². The van der Waals surface area contributed by atoms with E-state index in [1.165, 1.54) is 128 Å². The van der Waals surface area contributed by atoms with E-state index in [0.717, 1.165) is 122 Å². The van der Waals surface area contributed by atoms with E-state index in [2.05, 4.69) is 130 Å². The molecule has 75 heavy (non-hydrogen) atoms. The molecule has 1 atom stereocenters. The molecule has 0 fully saturated rings. The van der Waals surface area contributed by atoms with Crippen LogP contribution < -0.4 is 0 Å². The standard InChI is InChI=1S/C69H116O6/c1-4-7-10-13-15-17-19-21-23-25-27-29-30-31-32-33-34-35-36-37-38-40-41-43-45-47-49-51-53-56-59-62-68(71)74-65-66(64-73-67(70)61-58-55-12-9-6-3)75-69(72)63-60-57-54-52-50-48-46-44-42-39-28-26-24-22-20-18-16-14-11-8-5-2/h7,10,15,17,20-23,26-29,31-32,34-35,37-38,66H,4-6,8-9,11-14,16,18-19,24-25,30,33,36,39-65H2,1-3H3/b10-7-,17-15-,22-20-,23-21-,28-26-,29-27-,32-31-,35-34-,38-37-. The highest BCUT2D eigenvalue weighted by Crippen LogP contribution is 2.15. The molecule has 0 radical (unpaired) electrons. The number of rotatable bonds is 56. The van der Waals surface area contributed by atoms with Crippen LogP contribution in [0.1, 0.15) is 290 Å². The Morgan fingerprint density at radius 1 is 0.280 bits per heavy atom. The van der Waals surface area contributed by atoms with Gasteiger partial charge in [0.15, 0.2) is 6.10 Å². The van der Waals surface area contributed by atoms with Gasteiger partial charge in [0.05, 0.1) is 0 Å². The quantitative estimate of drug-likeness (QED) is 0.0261. The van der Waals surface area contributed by atoms with Crippen molar-refractivity contribution >= 4 is 17.9 Å². The fraction of sp³-hybridized carbons (Fsp3) is 0.696. The van der Waals surface area contributed by atoms with Crippen molar-refractivity contribution < 1.29 is 28.6 Å². The maximum atomic E-state index is 12.8. The molecule has 0 aromatic rings. The Bertz CT molecular complexity index is 1520. The van der Waals surface area contributed by atoms with Crippen LogP contribution in [-0.4, -0.2) is 37.2 Å². The van der Waals surface area contributed by atoms with Crippen LogP contribution in [0.15, 0.2) is 109 Å². The third-order valence-corrected chi connectivity index (χ3v) is 13.3. The van der Waals surface area contributed by atoms with Crippen molar-refractivity contribution in [2.45, 2.75) is 297 Å². The van der Waals surface area contributed by atoms with E-state index < -0.39 is 6.10 Å². The minimum atomic E-state index is -0.780. The third kappa shape index (κ3) is 60.8. The molecule has 6 nitrogen and oxygen atoms in total. The van der Waals surface area contributed by atoms with Gasteiger partial charge in [-0.15, -0.1) is 0 Å². The Labute approximate surface area is 463 Å². The molecule has 0 rings (SSSR count). The molecule has 0 saturated heterocycles. The summed E-state index contributed by atoms with van der Waals surface area (Å²) in [5.41, 5.74) is 0. The van der Waals surface area contributed by atoms with E-state index in [0.29, 0.717) is 19.3 Å². The lowest BCUT2D eigenvalue weighted by atomic mass is 10.1. The average Bonchev–Trinajstić information content (AvgIpc) is 3.41. The highest BCUT2D eigenvalue weighted by molar-refractivity contribution is 5.71. The fourth-order valence-electron chi connectivity index (χ4n) is 8.57. The van der Waals surface area contributed by atoms with E-state index in [-0.39, 0.29) is 31.1 Å². The summed E-state index contributed by atoms with van der Waals surface area (Å²) < 4.78 is 16.8. The van der Waals surface area contributed by atoms with Gasteiger partial charge in [-0.05, 0) is 109 Å². The van der Waals surface area contributed by atoms with Crippen LogP contribution in [0.2, 0.25) is 0 Å². The molecule has 0 aliphatic heterocycles. The maximum Gasteiger partial charge on any atom is 0.306 e. The number of hydrogen-bond acceptors (Lipinski definition) is 6. The number of carbonyl (C=O) groups excluding carboxylic acids is 3. The summed E-state index contributed by atoms with van der Waals surface area (Å²) in [6, 6.07) is 0. The molecule has 0 N–H and O–H groups in total. The molecule has 428 valence electrons. The molecule has 0 aromatic heterocycles. The van der Waals surface area contributed by atoms with E-state index >= 15 is 0 Å². The number of unbranched alkanes of at least 4 members (excludes halogenated alkanes) is 27. The zero-order valence-corrected chi connectivity index (χ0v) is 49.0. The van der Waals surface area contributed by atoms with Crippen LogP contribution >= 0.6 is 0 Å². The molecular weight excluding hydrogens is 925 g/mol. The van der Waals surface area contributed by atoms with Crippen molar-refractivity contribution in [2.24, 2.45) is 0 Å². The first-order valence-electron chi connectivity index (χ1n) is 31.4. The van der Waals surface area contributed by atoms with E-state index in [1.807, 2.05) is 0 Å². The molecule has 0 saturated carbocycles. The van der Waals surface area contributed by atoms with Gasteiger partial charge in [-0.2, -0.15) is 0 Å². The van der Waals surface area contributed by atoms with Crippen LogP contribution in [-0.2, 0) is 28.6 Å². The summed E-state index contributed by atoms with van der Waals surface area (Å²) in [5, 5.41) is 0. The monoisotopic (exact) mass is 1040 g/mol. The summed E-state index contributed by atoms with van der Waals surface area (Å²) in [6.07, 6.45) is 85.6. The van der Waals surface area contributed by atoms with E-state index in [1.54, 1.807) is 0 Å². The smallest absolute Gasteiger partial charge is 0.306 e. The second kappa shape index (κ2) is 62.6. The zero-order chi connectivity index (χ0) is 54.3. The second-order valence-corrected chi connectivity index (χ2v) is 20.6. The maximum absolute atomic E-state index is 12.8. The number of hydrogen-bond donors (Lipinski definition) is 0. The Kier molecular flexibility index (Phi) is 59.3. The lowest BCUT2D eigenvalue weighted by Crippen LogP contribution is -2.30. The Morgan fingerprint density at radius 2 is 0.520 bits per heavy atom. The average molecular weight is 1040 g/mol. The van der Waals surface area contributed by atoms with Gasteiger partial charge in [0, 0.05) is 19.3 Å². The number of ether oxygens (including phenoxy) is 3. The first-order valence-corrected chi connectivity index (χ1v) is 31.4. The van der Waals surface area contributed by atoms with Crippen molar-refractivity contribution in [2.75, 3.05) is 13.2 Å².